The molecule has 0 saturated carbocycles. The van der Waals surface area contributed by atoms with Gasteiger partial charge in [-0.2, -0.15) is 0 Å². The minimum Gasteiger partial charge on any atom is -0.349 e. The van der Waals surface area contributed by atoms with E-state index in [-0.39, 0.29) is 17.9 Å². The number of nitrogens with one attached hydrogen (secondary N) is 2. The second-order valence-corrected chi connectivity index (χ2v) is 6.73. The maximum absolute atomic E-state index is 12.9. The van der Waals surface area contributed by atoms with Crippen molar-refractivity contribution in [1.82, 2.24) is 19.9 Å². The molecule has 0 radical (unpaired) electrons. The van der Waals surface area contributed by atoms with Gasteiger partial charge in [-0.3, -0.25) is 14.7 Å². The van der Waals surface area contributed by atoms with Crippen molar-refractivity contribution in [3.05, 3.63) is 69.3 Å². The summed E-state index contributed by atoms with van der Waals surface area (Å²) in [5.74, 6) is -0.311. The van der Waals surface area contributed by atoms with Crippen molar-refractivity contribution in [3.63, 3.8) is 0 Å². The van der Waals surface area contributed by atoms with Crippen LogP contribution in [-0.2, 0) is 11.2 Å². The molecule has 3 aromatic rings. The SMILES string of the molecule is Cc1nc2cc(=O)[nH]n2c(C)c1CCC(=O)NC(CC(F)F)c1ccccc1. The molecule has 2 N–H and O–H groups in total. The van der Waals surface area contributed by atoms with E-state index in [1.54, 1.807) is 34.8 Å². The van der Waals surface area contributed by atoms with Crippen molar-refractivity contribution < 1.29 is 13.6 Å². The Labute approximate surface area is 160 Å². The number of nitrogens with zero attached hydrogens (tertiary/aromatic N) is 2. The van der Waals surface area contributed by atoms with Gasteiger partial charge in [0.1, 0.15) is 0 Å². The highest BCUT2D eigenvalue weighted by atomic mass is 19.3. The summed E-state index contributed by atoms with van der Waals surface area (Å²) < 4.78 is 27.5. The molecular formula is C20H22F2N4O2. The number of aromatic nitrogens is 3. The lowest BCUT2D eigenvalue weighted by Crippen LogP contribution is -2.30. The highest BCUT2D eigenvalue weighted by Gasteiger charge is 2.20. The molecule has 0 bridgehead atoms. The highest BCUT2D eigenvalue weighted by molar-refractivity contribution is 5.76. The molecule has 1 atom stereocenters. The van der Waals surface area contributed by atoms with E-state index < -0.39 is 18.9 Å². The Morgan fingerprint density at radius 3 is 2.64 bits per heavy atom. The number of hydrogen-bond donors (Lipinski definition) is 2. The van der Waals surface area contributed by atoms with E-state index in [0.29, 0.717) is 17.6 Å². The number of carbonyl (C=O) groups is 1. The highest BCUT2D eigenvalue weighted by Crippen LogP contribution is 2.21. The molecule has 1 aromatic carbocycles. The quantitative estimate of drug-likeness (QED) is 0.653. The molecule has 0 spiro atoms. The van der Waals surface area contributed by atoms with E-state index in [4.69, 9.17) is 0 Å². The minimum atomic E-state index is -2.52. The molecule has 1 amide bonds. The topological polar surface area (TPSA) is 79.3 Å². The molecule has 6 nitrogen and oxygen atoms in total. The van der Waals surface area contributed by atoms with Crippen LogP contribution < -0.4 is 10.9 Å². The van der Waals surface area contributed by atoms with Crippen LogP contribution in [0.3, 0.4) is 0 Å². The van der Waals surface area contributed by atoms with Gasteiger partial charge in [-0.25, -0.2) is 18.3 Å². The van der Waals surface area contributed by atoms with Gasteiger partial charge in [-0.1, -0.05) is 30.3 Å². The second-order valence-electron chi connectivity index (χ2n) is 6.73. The summed E-state index contributed by atoms with van der Waals surface area (Å²) in [5, 5.41) is 5.38. The van der Waals surface area contributed by atoms with Gasteiger partial charge in [-0.05, 0) is 31.4 Å². The van der Waals surface area contributed by atoms with Gasteiger partial charge in [0.15, 0.2) is 5.65 Å². The predicted molar refractivity (Wildman–Crippen MR) is 102 cm³/mol. The van der Waals surface area contributed by atoms with Gasteiger partial charge in [0.25, 0.3) is 5.56 Å². The lowest BCUT2D eigenvalue weighted by molar-refractivity contribution is -0.122. The van der Waals surface area contributed by atoms with E-state index in [2.05, 4.69) is 15.4 Å². The Bertz CT molecular complexity index is 1030. The molecule has 3 rings (SSSR count). The van der Waals surface area contributed by atoms with E-state index in [1.165, 1.54) is 6.07 Å². The van der Waals surface area contributed by atoms with Crippen molar-refractivity contribution in [2.24, 2.45) is 0 Å². The number of benzene rings is 1. The lowest BCUT2D eigenvalue weighted by atomic mass is 10.0. The van der Waals surface area contributed by atoms with Gasteiger partial charge >= 0.3 is 0 Å². The van der Waals surface area contributed by atoms with Crippen LogP contribution in [0.1, 0.15) is 41.4 Å². The van der Waals surface area contributed by atoms with Crippen LogP contribution in [0.2, 0.25) is 0 Å². The molecule has 0 saturated heterocycles. The largest absolute Gasteiger partial charge is 0.349 e. The Hall–Kier alpha value is -3.03. The fraction of sp³-hybridized carbons (Fsp3) is 0.350. The van der Waals surface area contributed by atoms with Crippen LogP contribution in [0.4, 0.5) is 8.78 Å². The van der Waals surface area contributed by atoms with Crippen molar-refractivity contribution in [1.29, 1.82) is 0 Å². The summed E-state index contributed by atoms with van der Waals surface area (Å²) in [5.41, 5.74) is 3.30. The lowest BCUT2D eigenvalue weighted by Gasteiger charge is -2.19. The maximum atomic E-state index is 12.9. The van der Waals surface area contributed by atoms with Gasteiger partial charge < -0.3 is 5.32 Å². The smallest absolute Gasteiger partial charge is 0.266 e. The molecule has 2 heterocycles. The number of alkyl halides is 2. The number of fused-ring (bicyclic) bond motifs is 1. The van der Waals surface area contributed by atoms with Crippen molar-refractivity contribution in [2.75, 3.05) is 0 Å². The number of aromatic amines is 1. The molecule has 28 heavy (non-hydrogen) atoms. The zero-order valence-electron chi connectivity index (χ0n) is 15.7. The maximum Gasteiger partial charge on any atom is 0.266 e. The first-order valence-electron chi connectivity index (χ1n) is 9.05. The average molecular weight is 388 g/mol. The summed E-state index contributed by atoms with van der Waals surface area (Å²) >= 11 is 0. The Morgan fingerprint density at radius 2 is 1.96 bits per heavy atom. The van der Waals surface area contributed by atoms with Crippen LogP contribution in [-0.4, -0.2) is 26.9 Å². The fourth-order valence-corrected chi connectivity index (χ4v) is 3.36. The van der Waals surface area contributed by atoms with Crippen LogP contribution in [0.15, 0.2) is 41.2 Å². The third-order valence-electron chi connectivity index (χ3n) is 4.76. The number of hydrogen-bond acceptors (Lipinski definition) is 3. The third-order valence-corrected chi connectivity index (χ3v) is 4.76. The summed E-state index contributed by atoms with van der Waals surface area (Å²) in [6.45, 7) is 3.66. The molecule has 148 valence electrons. The number of halogens is 2. The van der Waals surface area contributed by atoms with E-state index in [9.17, 15) is 18.4 Å². The van der Waals surface area contributed by atoms with Crippen molar-refractivity contribution >= 4 is 11.6 Å². The molecule has 0 aliphatic heterocycles. The molecule has 0 fully saturated rings. The first-order chi connectivity index (χ1) is 13.3. The predicted octanol–water partition coefficient (Wildman–Crippen LogP) is 3.08. The number of H-pyrrole nitrogens is 1. The monoisotopic (exact) mass is 388 g/mol. The van der Waals surface area contributed by atoms with Crippen molar-refractivity contribution in [2.45, 2.75) is 45.6 Å². The Balaban J connectivity index is 1.72. The molecule has 8 heteroatoms. The summed E-state index contributed by atoms with van der Waals surface area (Å²) in [7, 11) is 0. The summed E-state index contributed by atoms with van der Waals surface area (Å²) in [6.07, 6.45) is -2.44. The molecule has 1 unspecified atom stereocenters. The number of rotatable bonds is 7. The Kier molecular flexibility index (Phi) is 5.87. The zero-order chi connectivity index (χ0) is 20.3. The van der Waals surface area contributed by atoms with Crippen LogP contribution in [0.25, 0.3) is 5.65 Å². The summed E-state index contributed by atoms with van der Waals surface area (Å²) in [4.78, 5) is 28.3. The fourth-order valence-electron chi connectivity index (χ4n) is 3.36. The average Bonchev–Trinajstić information content (AvgIpc) is 3.01. The van der Waals surface area contributed by atoms with Crippen LogP contribution in [0, 0.1) is 13.8 Å². The first-order valence-corrected chi connectivity index (χ1v) is 9.05. The summed E-state index contributed by atoms with van der Waals surface area (Å²) in [6, 6.07) is 9.42. The second kappa shape index (κ2) is 8.33. The number of amides is 1. The van der Waals surface area contributed by atoms with E-state index in [0.717, 1.165) is 17.0 Å². The third kappa shape index (κ3) is 4.44. The number of carbonyl (C=O) groups excluding carboxylic acids is 1. The molecule has 2 aromatic heterocycles. The minimum absolute atomic E-state index is 0.132. The normalized spacial score (nSPS) is 12.5. The molecule has 0 aliphatic rings. The van der Waals surface area contributed by atoms with E-state index >= 15 is 0 Å². The van der Waals surface area contributed by atoms with Gasteiger partial charge in [-0.15, -0.1) is 0 Å². The standard InChI is InChI=1S/C20H22F2N4O2/c1-12-15(13(2)26-18(23-12)11-20(28)25-26)8-9-19(27)24-16(10-17(21)22)14-6-4-3-5-7-14/h3-7,11,16-17H,8-10H2,1-2H3,(H,24,27)(H,25,28). The molecule has 0 aliphatic carbocycles. The zero-order valence-corrected chi connectivity index (χ0v) is 15.7. The Morgan fingerprint density at radius 1 is 1.25 bits per heavy atom. The van der Waals surface area contributed by atoms with Gasteiger partial charge in [0, 0.05) is 30.3 Å². The van der Waals surface area contributed by atoms with Gasteiger partial charge in [0.05, 0.1) is 6.04 Å². The number of aryl methyl sites for hydroxylation is 2. The van der Waals surface area contributed by atoms with Crippen molar-refractivity contribution in [3.8, 4) is 0 Å². The molecular weight excluding hydrogens is 366 g/mol. The van der Waals surface area contributed by atoms with Gasteiger partial charge in [0.2, 0.25) is 12.3 Å². The first kappa shape index (κ1) is 19.7. The van der Waals surface area contributed by atoms with Crippen LogP contribution in [0.5, 0.6) is 0 Å². The van der Waals surface area contributed by atoms with Crippen LogP contribution >= 0.6 is 0 Å². The van der Waals surface area contributed by atoms with E-state index in [1.807, 2.05) is 13.8 Å².